The van der Waals surface area contributed by atoms with E-state index in [1.54, 1.807) is 6.21 Å². The molecule has 8 heteroatoms. The molecule has 0 spiro atoms. The number of rotatable bonds is 7. The van der Waals surface area contributed by atoms with E-state index >= 15 is 0 Å². The fourth-order valence-corrected chi connectivity index (χ4v) is 4.21. The van der Waals surface area contributed by atoms with Crippen molar-refractivity contribution in [3.63, 3.8) is 0 Å². The summed E-state index contributed by atoms with van der Waals surface area (Å²) in [6.45, 7) is 7.64. The number of hydrogen-bond acceptors (Lipinski definition) is 7. The number of benzene rings is 1. The summed E-state index contributed by atoms with van der Waals surface area (Å²) < 4.78 is 5.52. The molecule has 1 aliphatic carbocycles. The number of carbonyl (C=O) groups is 1. The molecule has 1 fully saturated rings. The average molecular weight is 423 g/mol. The second-order valence-corrected chi connectivity index (χ2v) is 8.11. The number of anilines is 2. The molecule has 0 saturated carbocycles. The second-order valence-electron chi connectivity index (χ2n) is 8.11. The van der Waals surface area contributed by atoms with Crippen molar-refractivity contribution >= 4 is 23.9 Å². The maximum atomic E-state index is 12.1. The van der Waals surface area contributed by atoms with Gasteiger partial charge in [0.1, 0.15) is 5.82 Å². The van der Waals surface area contributed by atoms with Gasteiger partial charge >= 0.3 is 0 Å². The number of fused-ring (bicyclic) bond motifs is 1. The molecule has 1 saturated heterocycles. The molecular weight excluding hydrogens is 392 g/mol. The third-order valence-electron chi connectivity index (χ3n) is 5.62. The molecule has 2 aromatic rings. The first kappa shape index (κ1) is 21.2. The van der Waals surface area contributed by atoms with Crippen molar-refractivity contribution in [2.24, 2.45) is 11.0 Å². The Labute approximate surface area is 183 Å². The van der Waals surface area contributed by atoms with Gasteiger partial charge in [-0.2, -0.15) is 10.1 Å². The number of amides is 1. The van der Waals surface area contributed by atoms with E-state index in [2.05, 4.69) is 39.8 Å². The number of nitrogens with one attached hydrogen (secondary N) is 2. The number of hydrogen-bond donors (Lipinski definition) is 2. The summed E-state index contributed by atoms with van der Waals surface area (Å²) in [6.07, 6.45) is 3.89. The molecule has 1 amide bonds. The van der Waals surface area contributed by atoms with Crippen LogP contribution in [0.2, 0.25) is 0 Å². The summed E-state index contributed by atoms with van der Waals surface area (Å²) in [5, 5.41) is 7.25. The van der Waals surface area contributed by atoms with Crippen molar-refractivity contribution in [2.75, 3.05) is 43.2 Å². The molecule has 164 valence electrons. The van der Waals surface area contributed by atoms with Crippen molar-refractivity contribution in [3.8, 4) is 0 Å². The highest BCUT2D eigenvalue weighted by Gasteiger charge is 2.30. The van der Waals surface area contributed by atoms with Crippen molar-refractivity contribution in [1.29, 1.82) is 0 Å². The molecule has 1 aliphatic heterocycles. The smallest absolute Gasteiger partial charge is 0.245 e. The lowest BCUT2D eigenvalue weighted by Crippen LogP contribution is -2.37. The minimum atomic E-state index is 0.0993. The molecule has 2 heterocycles. The topological polar surface area (TPSA) is 91.7 Å². The molecule has 1 aromatic carbocycles. The fraction of sp³-hybridized carbons (Fsp3) is 0.478. The van der Waals surface area contributed by atoms with E-state index in [0.717, 1.165) is 48.6 Å². The average Bonchev–Trinajstić information content (AvgIpc) is 3.16. The van der Waals surface area contributed by atoms with Gasteiger partial charge in [-0.1, -0.05) is 29.8 Å². The summed E-state index contributed by atoms with van der Waals surface area (Å²) >= 11 is 0. The number of nitrogens with zero attached hydrogens (tertiary/aromatic N) is 4. The lowest BCUT2D eigenvalue weighted by atomic mass is 10.0. The number of hydrazone groups is 1. The third kappa shape index (κ3) is 5.38. The van der Waals surface area contributed by atoms with E-state index in [1.807, 2.05) is 19.1 Å². The van der Waals surface area contributed by atoms with E-state index in [9.17, 15) is 4.79 Å². The Kier molecular flexibility index (Phi) is 6.76. The molecule has 31 heavy (non-hydrogen) atoms. The van der Waals surface area contributed by atoms with E-state index in [4.69, 9.17) is 14.7 Å². The molecule has 8 nitrogen and oxygen atoms in total. The minimum absolute atomic E-state index is 0.0993. The Bertz CT molecular complexity index is 955. The predicted molar refractivity (Wildman–Crippen MR) is 122 cm³/mol. The second kappa shape index (κ2) is 9.87. The zero-order chi connectivity index (χ0) is 21.6. The van der Waals surface area contributed by atoms with Gasteiger partial charge in [0, 0.05) is 31.6 Å². The summed E-state index contributed by atoms with van der Waals surface area (Å²) in [7, 11) is 0. The van der Waals surface area contributed by atoms with Crippen LogP contribution in [-0.4, -0.2) is 54.9 Å². The molecule has 2 aliphatic rings. The first-order valence-corrected chi connectivity index (χ1v) is 11.0. The number of morpholine rings is 1. The molecule has 4 rings (SSSR count). The molecule has 1 aromatic heterocycles. The van der Waals surface area contributed by atoms with Crippen LogP contribution in [0.25, 0.3) is 0 Å². The largest absolute Gasteiger partial charge is 0.378 e. The van der Waals surface area contributed by atoms with Gasteiger partial charge < -0.3 is 15.0 Å². The first-order chi connectivity index (χ1) is 15.1. The molecule has 1 unspecified atom stereocenters. The monoisotopic (exact) mass is 422 g/mol. The van der Waals surface area contributed by atoms with Gasteiger partial charge in [0.15, 0.2) is 0 Å². The summed E-state index contributed by atoms with van der Waals surface area (Å²) in [4.78, 5) is 23.9. The normalized spacial score (nSPS) is 18.3. The van der Waals surface area contributed by atoms with Crippen molar-refractivity contribution in [2.45, 2.75) is 33.1 Å². The molecular formula is C23H30N6O2. The molecule has 0 bridgehead atoms. The van der Waals surface area contributed by atoms with E-state index in [1.165, 1.54) is 5.56 Å². The quantitative estimate of drug-likeness (QED) is 0.526. The van der Waals surface area contributed by atoms with Crippen molar-refractivity contribution in [3.05, 3.63) is 46.6 Å². The van der Waals surface area contributed by atoms with Crippen LogP contribution in [0.3, 0.4) is 0 Å². The Morgan fingerprint density at radius 3 is 2.90 bits per heavy atom. The van der Waals surface area contributed by atoms with Gasteiger partial charge in [0.2, 0.25) is 11.9 Å². The Morgan fingerprint density at radius 2 is 2.13 bits per heavy atom. The standard InChI is InChI=1S/C23H30N6O2/c1-3-24-21(30)14-18-12-19-20(13-18)26-23(27-22(19)29-7-9-31-10-8-29)28-25-15-17-6-4-5-16(2)11-17/h4-6,11,15,18H,3,7-10,12-14H2,1-2H3,(H,24,30)(H,26,27,28)/b25-15+. The SMILES string of the molecule is CCNC(=O)CC1Cc2nc(N/N=C/c3cccc(C)c3)nc(N3CCOCC3)c2C1. The predicted octanol–water partition coefficient (Wildman–Crippen LogP) is 2.31. The van der Waals surface area contributed by atoms with E-state index in [0.29, 0.717) is 32.1 Å². The van der Waals surface area contributed by atoms with Gasteiger partial charge in [0.05, 0.1) is 25.1 Å². The Hall–Kier alpha value is -3.00. The first-order valence-electron chi connectivity index (χ1n) is 11.0. The highest BCUT2D eigenvalue weighted by molar-refractivity contribution is 5.80. The fourth-order valence-electron chi connectivity index (χ4n) is 4.21. The van der Waals surface area contributed by atoms with Gasteiger partial charge in [-0.3, -0.25) is 4.79 Å². The van der Waals surface area contributed by atoms with Crippen LogP contribution in [0.15, 0.2) is 29.4 Å². The maximum Gasteiger partial charge on any atom is 0.245 e. The zero-order valence-electron chi connectivity index (χ0n) is 18.2. The minimum Gasteiger partial charge on any atom is -0.378 e. The summed E-state index contributed by atoms with van der Waals surface area (Å²) in [5.41, 5.74) is 7.38. The van der Waals surface area contributed by atoms with Crippen LogP contribution in [0.1, 0.15) is 35.7 Å². The summed E-state index contributed by atoms with van der Waals surface area (Å²) in [6, 6.07) is 8.14. The van der Waals surface area contributed by atoms with Crippen molar-refractivity contribution in [1.82, 2.24) is 15.3 Å². The van der Waals surface area contributed by atoms with Gasteiger partial charge in [0.25, 0.3) is 0 Å². The lowest BCUT2D eigenvalue weighted by Gasteiger charge is -2.29. The lowest BCUT2D eigenvalue weighted by molar-refractivity contribution is -0.121. The van der Waals surface area contributed by atoms with E-state index < -0.39 is 0 Å². The highest BCUT2D eigenvalue weighted by atomic mass is 16.5. The third-order valence-corrected chi connectivity index (χ3v) is 5.62. The van der Waals surface area contributed by atoms with Crippen LogP contribution in [0, 0.1) is 12.8 Å². The number of aryl methyl sites for hydroxylation is 1. The van der Waals surface area contributed by atoms with Crippen LogP contribution in [-0.2, 0) is 22.4 Å². The van der Waals surface area contributed by atoms with Crippen LogP contribution in [0.4, 0.5) is 11.8 Å². The molecule has 2 N–H and O–H groups in total. The number of ether oxygens (including phenoxy) is 1. The van der Waals surface area contributed by atoms with Crippen LogP contribution in [0.5, 0.6) is 0 Å². The van der Waals surface area contributed by atoms with Crippen LogP contribution < -0.4 is 15.6 Å². The Balaban J connectivity index is 1.54. The van der Waals surface area contributed by atoms with Gasteiger partial charge in [-0.15, -0.1) is 0 Å². The molecule has 1 atom stereocenters. The van der Waals surface area contributed by atoms with Gasteiger partial charge in [-0.25, -0.2) is 10.4 Å². The summed E-state index contributed by atoms with van der Waals surface area (Å²) in [5.74, 6) is 1.78. The van der Waals surface area contributed by atoms with E-state index in [-0.39, 0.29) is 11.8 Å². The van der Waals surface area contributed by atoms with Crippen molar-refractivity contribution < 1.29 is 9.53 Å². The highest BCUT2D eigenvalue weighted by Crippen LogP contribution is 2.34. The molecule has 0 radical (unpaired) electrons. The zero-order valence-corrected chi connectivity index (χ0v) is 18.2. The number of carbonyl (C=O) groups excluding carboxylic acids is 1. The van der Waals surface area contributed by atoms with Gasteiger partial charge in [-0.05, 0) is 38.2 Å². The van der Waals surface area contributed by atoms with Crippen LogP contribution >= 0.6 is 0 Å². The maximum absolute atomic E-state index is 12.1. The Morgan fingerprint density at radius 1 is 1.29 bits per heavy atom. The number of aromatic nitrogens is 2.